The van der Waals surface area contributed by atoms with E-state index in [1.165, 1.54) is 12.8 Å². The van der Waals surface area contributed by atoms with Crippen LogP contribution in [0.1, 0.15) is 47.8 Å². The zero-order chi connectivity index (χ0) is 16.9. The van der Waals surface area contributed by atoms with Crippen LogP contribution in [0.2, 0.25) is 0 Å². The molecule has 3 aliphatic rings. The number of amides is 1. The molecule has 1 aromatic heterocycles. The fourth-order valence-electron chi connectivity index (χ4n) is 3.97. The highest BCUT2D eigenvalue weighted by Crippen LogP contribution is 2.39. The van der Waals surface area contributed by atoms with E-state index in [9.17, 15) is 4.79 Å². The number of nitrogens with zero attached hydrogens (tertiary/aromatic N) is 3. The zero-order valence-electron chi connectivity index (χ0n) is 14.2. The Morgan fingerprint density at radius 2 is 2.08 bits per heavy atom. The predicted octanol–water partition coefficient (Wildman–Crippen LogP) is 2.60. The van der Waals surface area contributed by atoms with Gasteiger partial charge < -0.3 is 9.64 Å². The molecule has 6 nitrogen and oxygen atoms in total. The number of carbonyl (C=O) groups is 1. The van der Waals surface area contributed by atoms with Crippen molar-refractivity contribution in [2.24, 2.45) is 5.41 Å². The zero-order valence-corrected chi connectivity index (χ0v) is 14.2. The molecule has 2 saturated heterocycles. The van der Waals surface area contributed by atoms with Crippen LogP contribution in [0, 0.1) is 5.41 Å². The van der Waals surface area contributed by atoms with Crippen molar-refractivity contribution in [1.82, 2.24) is 20.1 Å². The van der Waals surface area contributed by atoms with E-state index in [0.717, 1.165) is 56.1 Å². The van der Waals surface area contributed by atoms with Crippen LogP contribution in [-0.4, -0.2) is 52.3 Å². The Labute approximate surface area is 146 Å². The third-order valence-electron chi connectivity index (χ3n) is 5.77. The van der Waals surface area contributed by atoms with Crippen LogP contribution in [0.25, 0.3) is 11.4 Å². The smallest absolute Gasteiger partial charge is 0.253 e. The minimum Gasteiger partial charge on any atom is -0.381 e. The van der Waals surface area contributed by atoms with Crippen molar-refractivity contribution in [3.05, 3.63) is 35.7 Å². The summed E-state index contributed by atoms with van der Waals surface area (Å²) in [7, 11) is 0. The summed E-state index contributed by atoms with van der Waals surface area (Å²) in [5, 5.41) is 7.33. The average Bonchev–Trinajstić information content (AvgIpc) is 3.07. The van der Waals surface area contributed by atoms with Crippen molar-refractivity contribution in [2.75, 3.05) is 26.3 Å². The average molecular weight is 338 g/mol. The first kappa shape index (κ1) is 15.1. The normalized spacial score (nSPS) is 25.8. The van der Waals surface area contributed by atoms with E-state index in [0.29, 0.717) is 11.7 Å². The summed E-state index contributed by atoms with van der Waals surface area (Å²) in [6.07, 6.45) is 4.52. The van der Waals surface area contributed by atoms with Crippen molar-refractivity contribution in [1.29, 1.82) is 0 Å². The summed E-state index contributed by atoms with van der Waals surface area (Å²) < 4.78 is 5.55. The van der Waals surface area contributed by atoms with E-state index < -0.39 is 0 Å². The van der Waals surface area contributed by atoms with Gasteiger partial charge in [-0.25, -0.2) is 4.98 Å². The van der Waals surface area contributed by atoms with Crippen molar-refractivity contribution in [3.8, 4) is 11.4 Å². The van der Waals surface area contributed by atoms with Gasteiger partial charge >= 0.3 is 0 Å². The highest BCUT2D eigenvalue weighted by atomic mass is 16.5. The molecule has 25 heavy (non-hydrogen) atoms. The molecule has 130 valence electrons. The second-order valence-electron chi connectivity index (χ2n) is 7.68. The lowest BCUT2D eigenvalue weighted by atomic mass is 9.87. The molecule has 3 fully saturated rings. The first-order valence-corrected chi connectivity index (χ1v) is 9.12. The van der Waals surface area contributed by atoms with Crippen LogP contribution < -0.4 is 0 Å². The number of likely N-dealkylation sites (tertiary alicyclic amines) is 1. The van der Waals surface area contributed by atoms with Gasteiger partial charge in [-0.1, -0.05) is 12.1 Å². The quantitative estimate of drug-likeness (QED) is 0.934. The van der Waals surface area contributed by atoms with Crippen molar-refractivity contribution < 1.29 is 9.53 Å². The molecule has 1 aliphatic carbocycles. The molecule has 2 aliphatic heterocycles. The molecule has 0 bridgehead atoms. The highest BCUT2D eigenvalue weighted by molar-refractivity contribution is 5.94. The molecule has 5 rings (SSSR count). The number of nitrogens with one attached hydrogen (secondary N) is 1. The van der Waals surface area contributed by atoms with Crippen LogP contribution >= 0.6 is 0 Å². The van der Waals surface area contributed by atoms with E-state index in [1.807, 2.05) is 29.2 Å². The third-order valence-corrected chi connectivity index (χ3v) is 5.77. The van der Waals surface area contributed by atoms with Gasteiger partial charge in [0.05, 0.1) is 6.61 Å². The Morgan fingerprint density at radius 1 is 1.24 bits per heavy atom. The lowest BCUT2D eigenvalue weighted by molar-refractivity contribution is 0.0765. The van der Waals surface area contributed by atoms with E-state index in [4.69, 9.17) is 4.74 Å². The molecule has 1 aromatic carbocycles. The molecule has 1 N–H and O–H groups in total. The van der Waals surface area contributed by atoms with Gasteiger partial charge in [0.15, 0.2) is 5.82 Å². The van der Waals surface area contributed by atoms with Crippen molar-refractivity contribution in [2.45, 2.75) is 31.6 Å². The van der Waals surface area contributed by atoms with Crippen LogP contribution in [0.5, 0.6) is 0 Å². The molecule has 1 atom stereocenters. The Kier molecular flexibility index (Phi) is 3.41. The molecule has 0 radical (unpaired) electrons. The molecule has 1 saturated carbocycles. The second kappa shape index (κ2) is 5.66. The Hall–Kier alpha value is -2.21. The van der Waals surface area contributed by atoms with Gasteiger partial charge in [-0.2, -0.15) is 5.10 Å². The molecule has 1 amide bonds. The van der Waals surface area contributed by atoms with Gasteiger partial charge in [-0.05, 0) is 37.8 Å². The minimum atomic E-state index is 0.115. The fraction of sp³-hybridized carbons (Fsp3) is 0.526. The second-order valence-corrected chi connectivity index (χ2v) is 7.68. The molecule has 6 heteroatoms. The van der Waals surface area contributed by atoms with E-state index >= 15 is 0 Å². The lowest BCUT2D eigenvalue weighted by Crippen LogP contribution is -2.32. The standard InChI is InChI=1S/C19H22N4O2/c24-18(23-9-7-19(11-23)8-10-25-12-19)15-5-3-14(4-6-15)17-20-16(21-22-17)13-1-2-13/h3-6,13H,1-2,7-12H2,(H,20,21,22). The van der Waals surface area contributed by atoms with Gasteiger partial charge in [-0.15, -0.1) is 0 Å². The topological polar surface area (TPSA) is 71.1 Å². The van der Waals surface area contributed by atoms with Crippen LogP contribution in [-0.2, 0) is 4.74 Å². The summed E-state index contributed by atoms with van der Waals surface area (Å²) in [5.74, 6) is 2.37. The van der Waals surface area contributed by atoms with Gasteiger partial charge in [-0.3, -0.25) is 9.89 Å². The molecule has 1 spiro atoms. The first-order chi connectivity index (χ1) is 12.2. The minimum absolute atomic E-state index is 0.115. The first-order valence-electron chi connectivity index (χ1n) is 9.12. The summed E-state index contributed by atoms with van der Waals surface area (Å²) in [6, 6.07) is 7.66. The SMILES string of the molecule is O=C(c1ccc(-c2n[nH]c(C3CC3)n2)cc1)N1CCC2(CCOC2)C1. The molecule has 2 aromatic rings. The van der Waals surface area contributed by atoms with Gasteiger partial charge in [0.2, 0.25) is 0 Å². The Bertz CT molecular complexity index is 788. The Morgan fingerprint density at radius 3 is 2.80 bits per heavy atom. The monoisotopic (exact) mass is 338 g/mol. The third kappa shape index (κ3) is 2.74. The maximum atomic E-state index is 12.8. The van der Waals surface area contributed by atoms with E-state index in [-0.39, 0.29) is 11.3 Å². The van der Waals surface area contributed by atoms with Crippen LogP contribution in [0.3, 0.4) is 0 Å². The van der Waals surface area contributed by atoms with Gasteiger partial charge in [0, 0.05) is 42.2 Å². The number of aromatic amines is 1. The van der Waals surface area contributed by atoms with Crippen molar-refractivity contribution in [3.63, 3.8) is 0 Å². The van der Waals surface area contributed by atoms with Gasteiger partial charge in [0.25, 0.3) is 5.91 Å². The van der Waals surface area contributed by atoms with E-state index in [2.05, 4.69) is 15.2 Å². The molecule has 3 heterocycles. The highest BCUT2D eigenvalue weighted by Gasteiger charge is 2.42. The van der Waals surface area contributed by atoms with Crippen LogP contribution in [0.4, 0.5) is 0 Å². The molecular formula is C19H22N4O2. The van der Waals surface area contributed by atoms with Crippen LogP contribution in [0.15, 0.2) is 24.3 Å². The molecule has 1 unspecified atom stereocenters. The van der Waals surface area contributed by atoms with Crippen molar-refractivity contribution >= 4 is 5.91 Å². The number of H-pyrrole nitrogens is 1. The maximum Gasteiger partial charge on any atom is 0.253 e. The number of hydrogen-bond donors (Lipinski definition) is 1. The number of hydrogen-bond acceptors (Lipinski definition) is 4. The number of ether oxygens (including phenoxy) is 1. The summed E-state index contributed by atoms with van der Waals surface area (Å²) in [4.78, 5) is 19.3. The predicted molar refractivity (Wildman–Crippen MR) is 92.2 cm³/mol. The Balaban J connectivity index is 1.30. The summed E-state index contributed by atoms with van der Waals surface area (Å²) in [6.45, 7) is 3.27. The largest absolute Gasteiger partial charge is 0.381 e. The number of aromatic nitrogens is 3. The summed E-state index contributed by atoms with van der Waals surface area (Å²) in [5.41, 5.74) is 1.88. The lowest BCUT2D eigenvalue weighted by Gasteiger charge is -2.22. The summed E-state index contributed by atoms with van der Waals surface area (Å²) >= 11 is 0. The maximum absolute atomic E-state index is 12.8. The van der Waals surface area contributed by atoms with E-state index in [1.54, 1.807) is 0 Å². The number of rotatable bonds is 3. The number of benzene rings is 1. The number of carbonyl (C=O) groups excluding carboxylic acids is 1. The molecular weight excluding hydrogens is 316 g/mol. The fourth-order valence-corrected chi connectivity index (χ4v) is 3.97. The van der Waals surface area contributed by atoms with Gasteiger partial charge in [0.1, 0.15) is 5.82 Å².